The molecule has 4 nitrogen and oxygen atoms in total. The number of hydrogen-bond acceptors (Lipinski definition) is 3. The van der Waals surface area contributed by atoms with Crippen LogP contribution in [0.2, 0.25) is 0 Å². The van der Waals surface area contributed by atoms with Gasteiger partial charge in [-0.1, -0.05) is 13.3 Å². The zero-order valence-corrected chi connectivity index (χ0v) is 12.1. The Balaban J connectivity index is 1.55. The molecule has 0 spiro atoms. The first kappa shape index (κ1) is 14.8. The third-order valence-corrected chi connectivity index (χ3v) is 4.54. The fraction of sp³-hybridized carbons (Fsp3) is 0.933. The van der Waals surface area contributed by atoms with E-state index in [4.69, 9.17) is 0 Å². The highest BCUT2D eigenvalue weighted by molar-refractivity contribution is 5.76. The highest BCUT2D eigenvalue weighted by Gasteiger charge is 2.32. The lowest BCUT2D eigenvalue weighted by Gasteiger charge is -2.36. The Morgan fingerprint density at radius 3 is 2.53 bits per heavy atom. The summed E-state index contributed by atoms with van der Waals surface area (Å²) in [5.74, 6) is 0.932. The number of carbonyl (C=O) groups is 1. The van der Waals surface area contributed by atoms with Crippen LogP contribution in [0.3, 0.4) is 0 Å². The summed E-state index contributed by atoms with van der Waals surface area (Å²) < 4.78 is 0. The first-order chi connectivity index (χ1) is 9.11. The van der Waals surface area contributed by atoms with Crippen LogP contribution in [0.1, 0.15) is 58.3 Å². The Morgan fingerprint density at radius 2 is 1.95 bits per heavy atom. The Hall–Kier alpha value is -0.610. The molecular weight excluding hydrogens is 240 g/mol. The fourth-order valence-corrected chi connectivity index (χ4v) is 2.85. The maximum Gasteiger partial charge on any atom is 0.221 e. The molecule has 0 heterocycles. The molecule has 2 rings (SSSR count). The minimum absolute atomic E-state index is 0.136. The van der Waals surface area contributed by atoms with Gasteiger partial charge < -0.3 is 15.7 Å². The van der Waals surface area contributed by atoms with E-state index >= 15 is 0 Å². The molecule has 0 atom stereocenters. The molecule has 3 N–H and O–H groups in total. The molecule has 110 valence electrons. The van der Waals surface area contributed by atoms with Crippen molar-refractivity contribution < 1.29 is 9.90 Å². The smallest absolute Gasteiger partial charge is 0.221 e. The van der Waals surface area contributed by atoms with Gasteiger partial charge in [-0.3, -0.25) is 4.79 Å². The van der Waals surface area contributed by atoms with Gasteiger partial charge in [-0.2, -0.15) is 0 Å². The van der Waals surface area contributed by atoms with Gasteiger partial charge in [0.25, 0.3) is 0 Å². The molecular formula is C15H28N2O2. The summed E-state index contributed by atoms with van der Waals surface area (Å²) in [6.45, 7) is 3.52. The summed E-state index contributed by atoms with van der Waals surface area (Å²) in [4.78, 5) is 11.5. The van der Waals surface area contributed by atoms with Crippen molar-refractivity contribution in [3.8, 4) is 0 Å². The molecule has 0 saturated heterocycles. The SMILES string of the molecule is CCC1CCC(O)(CNCCC(=O)NC2CC2)CC1. The van der Waals surface area contributed by atoms with E-state index < -0.39 is 5.60 Å². The number of hydrogen-bond donors (Lipinski definition) is 3. The van der Waals surface area contributed by atoms with E-state index in [0.29, 0.717) is 25.6 Å². The lowest BCUT2D eigenvalue weighted by Crippen LogP contribution is -2.44. The van der Waals surface area contributed by atoms with E-state index in [-0.39, 0.29) is 5.91 Å². The summed E-state index contributed by atoms with van der Waals surface area (Å²) in [5.41, 5.74) is -0.543. The summed E-state index contributed by atoms with van der Waals surface area (Å²) in [6.07, 6.45) is 8.08. The largest absolute Gasteiger partial charge is 0.389 e. The molecule has 0 unspecified atom stereocenters. The van der Waals surface area contributed by atoms with E-state index in [2.05, 4.69) is 17.6 Å². The number of rotatable bonds is 7. The average molecular weight is 268 g/mol. The minimum Gasteiger partial charge on any atom is -0.389 e. The van der Waals surface area contributed by atoms with Crippen LogP contribution in [-0.4, -0.2) is 35.7 Å². The molecule has 19 heavy (non-hydrogen) atoms. The van der Waals surface area contributed by atoms with Gasteiger partial charge in [0.2, 0.25) is 5.91 Å². The van der Waals surface area contributed by atoms with Gasteiger partial charge in [0, 0.05) is 25.6 Å². The zero-order chi connectivity index (χ0) is 13.7. The highest BCUT2D eigenvalue weighted by atomic mass is 16.3. The van der Waals surface area contributed by atoms with E-state index in [9.17, 15) is 9.90 Å². The van der Waals surface area contributed by atoms with Crippen LogP contribution >= 0.6 is 0 Å². The van der Waals surface area contributed by atoms with Gasteiger partial charge in [-0.05, 0) is 44.4 Å². The van der Waals surface area contributed by atoms with Crippen molar-refractivity contribution in [2.45, 2.75) is 69.9 Å². The van der Waals surface area contributed by atoms with Gasteiger partial charge in [0.05, 0.1) is 5.60 Å². The van der Waals surface area contributed by atoms with E-state index in [1.165, 1.54) is 6.42 Å². The Morgan fingerprint density at radius 1 is 1.26 bits per heavy atom. The minimum atomic E-state index is -0.543. The Labute approximate surface area is 116 Å². The third kappa shape index (κ3) is 5.11. The van der Waals surface area contributed by atoms with Crippen LogP contribution < -0.4 is 10.6 Å². The van der Waals surface area contributed by atoms with Crippen LogP contribution in [0.15, 0.2) is 0 Å². The van der Waals surface area contributed by atoms with Crippen molar-refractivity contribution in [3.05, 3.63) is 0 Å². The average Bonchev–Trinajstić information content (AvgIpc) is 3.20. The van der Waals surface area contributed by atoms with Gasteiger partial charge in [-0.25, -0.2) is 0 Å². The van der Waals surface area contributed by atoms with E-state index in [1.54, 1.807) is 0 Å². The van der Waals surface area contributed by atoms with Crippen LogP contribution in [0.5, 0.6) is 0 Å². The maximum atomic E-state index is 11.5. The first-order valence-electron chi connectivity index (χ1n) is 7.84. The number of nitrogens with one attached hydrogen (secondary N) is 2. The predicted molar refractivity (Wildman–Crippen MR) is 75.9 cm³/mol. The summed E-state index contributed by atoms with van der Waals surface area (Å²) >= 11 is 0. The van der Waals surface area contributed by atoms with Crippen LogP contribution in [0, 0.1) is 5.92 Å². The fourth-order valence-electron chi connectivity index (χ4n) is 2.85. The molecule has 0 aromatic heterocycles. The quantitative estimate of drug-likeness (QED) is 0.614. The summed E-state index contributed by atoms with van der Waals surface area (Å²) in [5, 5.41) is 16.7. The van der Waals surface area contributed by atoms with Crippen LogP contribution in [0.4, 0.5) is 0 Å². The summed E-state index contributed by atoms with van der Waals surface area (Å²) in [6, 6.07) is 0.445. The first-order valence-corrected chi connectivity index (χ1v) is 7.84. The van der Waals surface area contributed by atoms with Gasteiger partial charge in [-0.15, -0.1) is 0 Å². The molecule has 2 aliphatic rings. The maximum absolute atomic E-state index is 11.5. The van der Waals surface area contributed by atoms with Crippen molar-refractivity contribution in [2.75, 3.05) is 13.1 Å². The molecule has 0 aromatic rings. The molecule has 0 radical (unpaired) electrons. The molecule has 0 aliphatic heterocycles. The highest BCUT2D eigenvalue weighted by Crippen LogP contribution is 2.33. The van der Waals surface area contributed by atoms with Crippen molar-refractivity contribution in [1.82, 2.24) is 10.6 Å². The predicted octanol–water partition coefficient (Wildman–Crippen LogP) is 1.58. The van der Waals surface area contributed by atoms with E-state index in [1.807, 2.05) is 0 Å². The van der Waals surface area contributed by atoms with Crippen molar-refractivity contribution in [1.29, 1.82) is 0 Å². The molecule has 2 saturated carbocycles. The van der Waals surface area contributed by atoms with E-state index in [0.717, 1.165) is 44.4 Å². The zero-order valence-electron chi connectivity index (χ0n) is 12.1. The standard InChI is InChI=1S/C15H28N2O2/c1-2-12-5-8-15(19,9-6-12)11-16-10-7-14(18)17-13-3-4-13/h12-13,16,19H,2-11H2,1H3,(H,17,18). The van der Waals surface area contributed by atoms with Crippen molar-refractivity contribution in [3.63, 3.8) is 0 Å². The number of amides is 1. The van der Waals surface area contributed by atoms with Crippen LogP contribution in [-0.2, 0) is 4.79 Å². The number of carbonyl (C=O) groups excluding carboxylic acids is 1. The van der Waals surface area contributed by atoms with Crippen LogP contribution in [0.25, 0.3) is 0 Å². The molecule has 2 fully saturated rings. The third-order valence-electron chi connectivity index (χ3n) is 4.54. The van der Waals surface area contributed by atoms with Gasteiger partial charge in [0.15, 0.2) is 0 Å². The molecule has 1 amide bonds. The summed E-state index contributed by atoms with van der Waals surface area (Å²) in [7, 11) is 0. The topological polar surface area (TPSA) is 61.4 Å². The molecule has 2 aliphatic carbocycles. The molecule has 0 bridgehead atoms. The second-order valence-corrected chi connectivity index (χ2v) is 6.34. The molecule has 0 aromatic carbocycles. The molecule has 4 heteroatoms. The lowest BCUT2D eigenvalue weighted by atomic mass is 9.78. The van der Waals surface area contributed by atoms with Crippen molar-refractivity contribution >= 4 is 5.91 Å². The van der Waals surface area contributed by atoms with Gasteiger partial charge in [0.1, 0.15) is 0 Å². The van der Waals surface area contributed by atoms with Gasteiger partial charge >= 0.3 is 0 Å². The van der Waals surface area contributed by atoms with Crippen molar-refractivity contribution in [2.24, 2.45) is 5.92 Å². The Bertz CT molecular complexity index is 295. The lowest BCUT2D eigenvalue weighted by molar-refractivity contribution is -0.121. The number of aliphatic hydroxyl groups is 1. The monoisotopic (exact) mass is 268 g/mol. The second kappa shape index (κ2) is 6.71. The second-order valence-electron chi connectivity index (χ2n) is 6.34. The normalized spacial score (nSPS) is 31.2. The Kier molecular flexibility index (Phi) is 5.22.